The van der Waals surface area contributed by atoms with Crippen molar-refractivity contribution in [2.75, 3.05) is 12.1 Å². The topological polar surface area (TPSA) is 49.0 Å². The van der Waals surface area contributed by atoms with Crippen molar-refractivity contribution in [3.8, 4) is 17.2 Å². The Balaban J connectivity index is 2.63. The molecule has 96 valence electrons. The van der Waals surface area contributed by atoms with Gasteiger partial charge in [0.05, 0.1) is 5.56 Å². The number of amides is 1. The first-order chi connectivity index (χ1) is 9.06. The molecule has 0 atom stereocenters. The van der Waals surface area contributed by atoms with Crippen molar-refractivity contribution in [2.24, 2.45) is 0 Å². The fourth-order valence-electron chi connectivity index (χ4n) is 2.11. The lowest BCUT2D eigenvalue weighted by molar-refractivity contribution is -0.117. The summed E-state index contributed by atoms with van der Waals surface area (Å²) in [6.45, 7) is 3.40. The van der Waals surface area contributed by atoms with Gasteiger partial charge in [0.25, 0.3) is 0 Å². The number of nitriles is 1. The standard InChI is InChI=1S/C15H15N3O/c1-11-15(13-7-5-4-6-8-13)14(9-16)10-18(11)17(3)12(2)19/h4-8,10H,1-3H3. The molecule has 1 aromatic carbocycles. The first kappa shape index (κ1) is 12.9. The number of hydrogen-bond donors (Lipinski definition) is 0. The van der Waals surface area contributed by atoms with Crippen LogP contribution in [0.2, 0.25) is 0 Å². The average Bonchev–Trinajstić information content (AvgIpc) is 2.75. The normalized spacial score (nSPS) is 10.0. The van der Waals surface area contributed by atoms with Crippen molar-refractivity contribution in [1.29, 1.82) is 5.26 Å². The van der Waals surface area contributed by atoms with Gasteiger partial charge in [0, 0.05) is 31.4 Å². The van der Waals surface area contributed by atoms with E-state index in [-0.39, 0.29) is 5.91 Å². The second-order valence-electron chi connectivity index (χ2n) is 4.37. The highest BCUT2D eigenvalue weighted by Crippen LogP contribution is 2.28. The Labute approximate surface area is 112 Å². The molecular formula is C15H15N3O. The van der Waals surface area contributed by atoms with Crippen LogP contribution in [0, 0.1) is 18.3 Å². The molecule has 1 aromatic heterocycles. The fraction of sp³-hybridized carbons (Fsp3) is 0.200. The van der Waals surface area contributed by atoms with E-state index in [0.717, 1.165) is 16.8 Å². The van der Waals surface area contributed by atoms with Crippen LogP contribution >= 0.6 is 0 Å². The average molecular weight is 253 g/mol. The van der Waals surface area contributed by atoms with Gasteiger partial charge in [0.1, 0.15) is 6.07 Å². The van der Waals surface area contributed by atoms with Crippen LogP contribution in [-0.2, 0) is 4.79 Å². The molecule has 4 nitrogen and oxygen atoms in total. The molecule has 0 spiro atoms. The summed E-state index contributed by atoms with van der Waals surface area (Å²) in [6.07, 6.45) is 1.69. The summed E-state index contributed by atoms with van der Waals surface area (Å²) in [5, 5.41) is 10.8. The highest BCUT2D eigenvalue weighted by atomic mass is 16.2. The third kappa shape index (κ3) is 2.23. The monoisotopic (exact) mass is 253 g/mol. The summed E-state index contributed by atoms with van der Waals surface area (Å²) in [4.78, 5) is 11.5. The van der Waals surface area contributed by atoms with Gasteiger partial charge in [-0.25, -0.2) is 0 Å². The minimum atomic E-state index is -0.0813. The van der Waals surface area contributed by atoms with Crippen LogP contribution in [0.1, 0.15) is 18.2 Å². The maximum absolute atomic E-state index is 11.5. The summed E-state index contributed by atoms with van der Waals surface area (Å²) in [7, 11) is 1.69. The van der Waals surface area contributed by atoms with E-state index in [2.05, 4.69) is 6.07 Å². The number of aromatic nitrogens is 1. The van der Waals surface area contributed by atoms with Gasteiger partial charge in [-0.3, -0.25) is 14.5 Å². The van der Waals surface area contributed by atoms with Crippen LogP contribution in [0.5, 0.6) is 0 Å². The minimum absolute atomic E-state index is 0.0813. The van der Waals surface area contributed by atoms with Crippen LogP contribution < -0.4 is 5.01 Å². The Morgan fingerprint density at radius 3 is 2.47 bits per heavy atom. The van der Waals surface area contributed by atoms with Gasteiger partial charge in [-0.05, 0) is 12.5 Å². The van der Waals surface area contributed by atoms with E-state index in [9.17, 15) is 10.1 Å². The molecule has 4 heteroatoms. The molecule has 19 heavy (non-hydrogen) atoms. The predicted molar refractivity (Wildman–Crippen MR) is 74.1 cm³/mol. The van der Waals surface area contributed by atoms with Gasteiger partial charge in [-0.1, -0.05) is 30.3 Å². The molecule has 0 aliphatic rings. The Bertz CT molecular complexity index is 650. The third-order valence-corrected chi connectivity index (χ3v) is 3.19. The summed E-state index contributed by atoms with van der Waals surface area (Å²) < 4.78 is 1.71. The van der Waals surface area contributed by atoms with Crippen molar-refractivity contribution in [3.63, 3.8) is 0 Å². The molecule has 0 aliphatic carbocycles. The zero-order valence-electron chi connectivity index (χ0n) is 11.2. The van der Waals surface area contributed by atoms with Crippen LogP contribution in [-0.4, -0.2) is 17.6 Å². The number of benzene rings is 1. The zero-order chi connectivity index (χ0) is 14.0. The molecule has 0 fully saturated rings. The predicted octanol–water partition coefficient (Wildman–Crippen LogP) is 2.45. The maximum atomic E-state index is 11.5. The Kier molecular flexibility index (Phi) is 3.39. The fourth-order valence-corrected chi connectivity index (χ4v) is 2.11. The van der Waals surface area contributed by atoms with Gasteiger partial charge < -0.3 is 0 Å². The summed E-state index contributed by atoms with van der Waals surface area (Å²) >= 11 is 0. The SMILES string of the molecule is CC(=O)N(C)n1cc(C#N)c(-c2ccccc2)c1C. The summed E-state index contributed by atoms with van der Waals surface area (Å²) in [6, 6.07) is 11.9. The maximum Gasteiger partial charge on any atom is 0.237 e. The van der Waals surface area contributed by atoms with Crippen LogP contribution in [0.4, 0.5) is 0 Å². The molecule has 1 amide bonds. The first-order valence-corrected chi connectivity index (χ1v) is 5.98. The Hall–Kier alpha value is -2.54. The first-order valence-electron chi connectivity index (χ1n) is 5.98. The molecule has 2 rings (SSSR count). The molecule has 0 unspecified atom stereocenters. The second-order valence-corrected chi connectivity index (χ2v) is 4.37. The lowest BCUT2D eigenvalue weighted by atomic mass is 10.0. The van der Waals surface area contributed by atoms with Gasteiger partial charge >= 0.3 is 0 Å². The molecule has 0 bridgehead atoms. The van der Waals surface area contributed by atoms with Crippen molar-refractivity contribution < 1.29 is 4.79 Å². The third-order valence-electron chi connectivity index (χ3n) is 3.19. The number of carbonyl (C=O) groups is 1. The van der Waals surface area contributed by atoms with E-state index >= 15 is 0 Å². The molecule has 0 radical (unpaired) electrons. The van der Waals surface area contributed by atoms with E-state index in [1.54, 1.807) is 17.9 Å². The van der Waals surface area contributed by atoms with Gasteiger partial charge in [0.15, 0.2) is 0 Å². The summed E-state index contributed by atoms with van der Waals surface area (Å²) in [5.41, 5.74) is 3.29. The van der Waals surface area contributed by atoms with Gasteiger partial charge in [0.2, 0.25) is 5.91 Å². The molecule has 0 N–H and O–H groups in total. The van der Waals surface area contributed by atoms with Crippen molar-refractivity contribution >= 4 is 5.91 Å². The van der Waals surface area contributed by atoms with E-state index < -0.39 is 0 Å². The van der Waals surface area contributed by atoms with E-state index in [0.29, 0.717) is 5.56 Å². The number of rotatable bonds is 2. The van der Waals surface area contributed by atoms with E-state index in [1.165, 1.54) is 11.9 Å². The van der Waals surface area contributed by atoms with Crippen molar-refractivity contribution in [3.05, 3.63) is 47.8 Å². The Morgan fingerprint density at radius 2 is 1.95 bits per heavy atom. The van der Waals surface area contributed by atoms with Crippen molar-refractivity contribution in [1.82, 2.24) is 4.68 Å². The van der Waals surface area contributed by atoms with Crippen LogP contribution in [0.15, 0.2) is 36.5 Å². The number of hydrogen-bond acceptors (Lipinski definition) is 2. The largest absolute Gasteiger partial charge is 0.273 e. The second kappa shape index (κ2) is 4.99. The molecule has 0 saturated heterocycles. The molecular weight excluding hydrogens is 238 g/mol. The quantitative estimate of drug-likeness (QED) is 0.825. The van der Waals surface area contributed by atoms with Crippen molar-refractivity contribution in [2.45, 2.75) is 13.8 Å². The van der Waals surface area contributed by atoms with E-state index in [1.807, 2.05) is 37.3 Å². The smallest absolute Gasteiger partial charge is 0.237 e. The highest BCUT2D eigenvalue weighted by Gasteiger charge is 2.17. The number of nitrogens with zero attached hydrogens (tertiary/aromatic N) is 3. The van der Waals surface area contributed by atoms with Crippen LogP contribution in [0.3, 0.4) is 0 Å². The minimum Gasteiger partial charge on any atom is -0.273 e. The molecule has 1 heterocycles. The lowest BCUT2D eigenvalue weighted by Gasteiger charge is -2.18. The van der Waals surface area contributed by atoms with E-state index in [4.69, 9.17) is 0 Å². The molecule has 0 aliphatic heterocycles. The number of carbonyl (C=O) groups excluding carboxylic acids is 1. The Morgan fingerprint density at radius 1 is 1.32 bits per heavy atom. The van der Waals surface area contributed by atoms with Gasteiger partial charge in [-0.15, -0.1) is 0 Å². The highest BCUT2D eigenvalue weighted by molar-refractivity contribution is 5.84. The lowest BCUT2D eigenvalue weighted by Crippen LogP contribution is -2.34. The molecule has 0 saturated carbocycles. The van der Waals surface area contributed by atoms with Gasteiger partial charge in [-0.2, -0.15) is 5.26 Å². The summed E-state index contributed by atoms with van der Waals surface area (Å²) in [5.74, 6) is -0.0813. The zero-order valence-corrected chi connectivity index (χ0v) is 11.2. The molecule has 2 aromatic rings. The van der Waals surface area contributed by atoms with Crippen LogP contribution in [0.25, 0.3) is 11.1 Å².